The van der Waals surface area contributed by atoms with Crippen LogP contribution in [0.15, 0.2) is 28.9 Å². The lowest BCUT2D eigenvalue weighted by molar-refractivity contribution is 0.495. The first-order chi connectivity index (χ1) is 10.2. The number of furan rings is 1. The van der Waals surface area contributed by atoms with Crippen LogP contribution >= 0.6 is 0 Å². The Balaban J connectivity index is 1.61. The van der Waals surface area contributed by atoms with Crippen molar-refractivity contribution in [2.45, 2.75) is 44.6 Å². The van der Waals surface area contributed by atoms with Gasteiger partial charge in [-0.05, 0) is 38.3 Å². The third-order valence-electron chi connectivity index (χ3n) is 3.63. The molecule has 0 aromatic carbocycles. The Morgan fingerprint density at radius 3 is 2.86 bits per heavy atom. The average molecular weight is 287 g/mol. The standard InChI is InChI=1S/C15H21N5O/c1-10(4-7-12-3-2-8-21-12)17-13-9-14(20-16)19-15(18-13)11-5-6-11/h2-3,8-11H,4-7,16H2,1H3,(H2,17,18,19,20). The van der Waals surface area contributed by atoms with Gasteiger partial charge in [0, 0.05) is 24.4 Å². The number of rotatable bonds is 7. The van der Waals surface area contributed by atoms with Crippen molar-refractivity contribution in [1.82, 2.24) is 9.97 Å². The van der Waals surface area contributed by atoms with E-state index in [1.54, 1.807) is 6.26 Å². The molecule has 6 heteroatoms. The second kappa shape index (κ2) is 6.13. The van der Waals surface area contributed by atoms with E-state index in [1.165, 1.54) is 12.8 Å². The Labute approximate surface area is 124 Å². The molecule has 0 bridgehead atoms. The topological polar surface area (TPSA) is 89.0 Å². The van der Waals surface area contributed by atoms with Gasteiger partial charge in [-0.3, -0.25) is 0 Å². The molecule has 0 radical (unpaired) electrons. The summed E-state index contributed by atoms with van der Waals surface area (Å²) in [7, 11) is 0. The van der Waals surface area contributed by atoms with E-state index < -0.39 is 0 Å². The first kappa shape index (κ1) is 13.9. The molecule has 21 heavy (non-hydrogen) atoms. The molecule has 4 N–H and O–H groups in total. The van der Waals surface area contributed by atoms with Crippen molar-refractivity contribution < 1.29 is 4.42 Å². The van der Waals surface area contributed by atoms with Crippen LogP contribution in [-0.4, -0.2) is 16.0 Å². The molecule has 1 unspecified atom stereocenters. The molecule has 2 aromatic heterocycles. The molecule has 0 spiro atoms. The first-order valence-electron chi connectivity index (χ1n) is 7.39. The summed E-state index contributed by atoms with van der Waals surface area (Å²) in [5.74, 6) is 9.35. The molecule has 1 saturated carbocycles. The van der Waals surface area contributed by atoms with Gasteiger partial charge in [-0.25, -0.2) is 15.8 Å². The predicted octanol–water partition coefficient (Wildman–Crippen LogP) is 2.67. The molecule has 112 valence electrons. The zero-order valence-corrected chi connectivity index (χ0v) is 12.2. The number of hydrogen-bond acceptors (Lipinski definition) is 6. The Morgan fingerprint density at radius 1 is 1.38 bits per heavy atom. The van der Waals surface area contributed by atoms with Gasteiger partial charge in [-0.1, -0.05) is 0 Å². The van der Waals surface area contributed by atoms with Crippen molar-refractivity contribution in [3.05, 3.63) is 36.0 Å². The summed E-state index contributed by atoms with van der Waals surface area (Å²) in [6.07, 6.45) is 5.92. The van der Waals surface area contributed by atoms with Crippen LogP contribution in [-0.2, 0) is 6.42 Å². The maximum Gasteiger partial charge on any atom is 0.145 e. The van der Waals surface area contributed by atoms with Crippen LogP contribution in [0.5, 0.6) is 0 Å². The molecule has 1 fully saturated rings. The molecule has 0 aliphatic heterocycles. The number of nitrogens with zero attached hydrogens (tertiary/aromatic N) is 2. The molecule has 3 rings (SSSR count). The Bertz CT molecular complexity index is 580. The van der Waals surface area contributed by atoms with Crippen molar-refractivity contribution >= 4 is 11.6 Å². The van der Waals surface area contributed by atoms with E-state index in [9.17, 15) is 0 Å². The molecule has 6 nitrogen and oxygen atoms in total. The second-order valence-corrected chi connectivity index (χ2v) is 5.58. The third kappa shape index (κ3) is 3.72. The smallest absolute Gasteiger partial charge is 0.145 e. The highest BCUT2D eigenvalue weighted by atomic mass is 16.3. The van der Waals surface area contributed by atoms with Gasteiger partial charge in [0.25, 0.3) is 0 Å². The van der Waals surface area contributed by atoms with Crippen molar-refractivity contribution in [2.24, 2.45) is 5.84 Å². The summed E-state index contributed by atoms with van der Waals surface area (Å²) in [6, 6.07) is 6.05. The van der Waals surface area contributed by atoms with Crippen molar-refractivity contribution in [3.8, 4) is 0 Å². The maximum absolute atomic E-state index is 5.48. The van der Waals surface area contributed by atoms with Crippen LogP contribution in [0.3, 0.4) is 0 Å². The van der Waals surface area contributed by atoms with Gasteiger partial charge in [0.15, 0.2) is 0 Å². The van der Waals surface area contributed by atoms with E-state index >= 15 is 0 Å². The van der Waals surface area contributed by atoms with Crippen molar-refractivity contribution in [3.63, 3.8) is 0 Å². The van der Waals surface area contributed by atoms with Crippen molar-refractivity contribution in [1.29, 1.82) is 0 Å². The Kier molecular flexibility index (Phi) is 4.06. The number of nitrogens with one attached hydrogen (secondary N) is 2. The minimum Gasteiger partial charge on any atom is -0.469 e. The van der Waals surface area contributed by atoms with Crippen LogP contribution in [0.4, 0.5) is 11.6 Å². The number of hydrogen-bond donors (Lipinski definition) is 3. The fraction of sp³-hybridized carbons (Fsp3) is 0.467. The molecule has 2 aromatic rings. The van der Waals surface area contributed by atoms with Gasteiger partial charge >= 0.3 is 0 Å². The molecule has 1 aliphatic rings. The Hall–Kier alpha value is -2.08. The minimum absolute atomic E-state index is 0.294. The highest BCUT2D eigenvalue weighted by Gasteiger charge is 2.27. The largest absolute Gasteiger partial charge is 0.469 e. The molecule has 0 saturated heterocycles. The zero-order valence-electron chi connectivity index (χ0n) is 12.2. The van der Waals surface area contributed by atoms with Crippen LogP contribution in [0, 0.1) is 0 Å². The van der Waals surface area contributed by atoms with Gasteiger partial charge in [0.05, 0.1) is 6.26 Å². The summed E-state index contributed by atoms with van der Waals surface area (Å²) >= 11 is 0. The van der Waals surface area contributed by atoms with E-state index in [2.05, 4.69) is 27.6 Å². The number of anilines is 2. The highest BCUT2D eigenvalue weighted by Crippen LogP contribution is 2.38. The van der Waals surface area contributed by atoms with Gasteiger partial charge in [-0.15, -0.1) is 0 Å². The lowest BCUT2D eigenvalue weighted by Crippen LogP contribution is -2.18. The lowest BCUT2D eigenvalue weighted by Gasteiger charge is -2.15. The van der Waals surface area contributed by atoms with E-state index in [1.807, 2.05) is 18.2 Å². The summed E-state index contributed by atoms with van der Waals surface area (Å²) in [5.41, 5.74) is 2.61. The highest BCUT2D eigenvalue weighted by molar-refractivity contribution is 5.48. The van der Waals surface area contributed by atoms with E-state index in [4.69, 9.17) is 10.3 Å². The molecule has 1 aliphatic carbocycles. The summed E-state index contributed by atoms with van der Waals surface area (Å²) in [4.78, 5) is 8.99. The van der Waals surface area contributed by atoms with Crippen LogP contribution in [0.1, 0.15) is 43.7 Å². The van der Waals surface area contributed by atoms with Crippen LogP contribution in [0.25, 0.3) is 0 Å². The van der Waals surface area contributed by atoms with Gasteiger partial charge in [0.2, 0.25) is 0 Å². The number of nitrogen functional groups attached to an aromatic ring is 1. The quantitative estimate of drug-likeness (QED) is 0.536. The summed E-state index contributed by atoms with van der Waals surface area (Å²) < 4.78 is 5.35. The number of aromatic nitrogens is 2. The fourth-order valence-electron chi connectivity index (χ4n) is 2.28. The summed E-state index contributed by atoms with van der Waals surface area (Å²) in [6.45, 7) is 2.14. The molecular formula is C15H21N5O. The van der Waals surface area contributed by atoms with E-state index in [0.717, 1.165) is 30.2 Å². The summed E-state index contributed by atoms with van der Waals surface area (Å²) in [5, 5.41) is 3.41. The van der Waals surface area contributed by atoms with Crippen LogP contribution in [0.2, 0.25) is 0 Å². The van der Waals surface area contributed by atoms with E-state index in [-0.39, 0.29) is 0 Å². The fourth-order valence-corrected chi connectivity index (χ4v) is 2.28. The van der Waals surface area contributed by atoms with E-state index in [0.29, 0.717) is 17.8 Å². The van der Waals surface area contributed by atoms with Crippen molar-refractivity contribution in [2.75, 3.05) is 10.7 Å². The Morgan fingerprint density at radius 2 is 2.19 bits per heavy atom. The lowest BCUT2D eigenvalue weighted by atomic mass is 10.1. The van der Waals surface area contributed by atoms with Gasteiger partial charge < -0.3 is 15.2 Å². The average Bonchev–Trinajstić information content (AvgIpc) is 3.21. The molecule has 2 heterocycles. The normalized spacial score (nSPS) is 15.7. The number of nitrogens with two attached hydrogens (primary N) is 1. The predicted molar refractivity (Wildman–Crippen MR) is 81.9 cm³/mol. The molecular weight excluding hydrogens is 266 g/mol. The van der Waals surface area contributed by atoms with Gasteiger partial charge in [-0.2, -0.15) is 0 Å². The molecule has 0 amide bonds. The number of hydrazine groups is 1. The monoisotopic (exact) mass is 287 g/mol. The first-order valence-corrected chi connectivity index (χ1v) is 7.39. The van der Waals surface area contributed by atoms with Crippen LogP contribution < -0.4 is 16.6 Å². The number of aryl methyl sites for hydroxylation is 1. The second-order valence-electron chi connectivity index (χ2n) is 5.58. The molecule has 1 atom stereocenters. The SMILES string of the molecule is CC(CCc1ccco1)Nc1cc(NN)nc(C2CC2)n1. The third-order valence-corrected chi connectivity index (χ3v) is 3.63. The minimum atomic E-state index is 0.294. The maximum atomic E-state index is 5.48. The zero-order chi connectivity index (χ0) is 14.7. The van der Waals surface area contributed by atoms with Gasteiger partial charge in [0.1, 0.15) is 23.2 Å².